The zero-order valence-corrected chi connectivity index (χ0v) is 12.2. The predicted molar refractivity (Wildman–Crippen MR) is 78.2 cm³/mol. The summed E-state index contributed by atoms with van der Waals surface area (Å²) in [4.78, 5) is 2.29. The molecule has 0 aliphatic carbocycles. The first-order chi connectivity index (χ1) is 8.54. The molecule has 18 heavy (non-hydrogen) atoms. The fourth-order valence-corrected chi connectivity index (χ4v) is 2.08. The third-order valence-electron chi connectivity index (χ3n) is 3.50. The molecule has 2 nitrogen and oxygen atoms in total. The van der Waals surface area contributed by atoms with Crippen LogP contribution in [0, 0.1) is 6.92 Å². The van der Waals surface area contributed by atoms with E-state index in [0.717, 1.165) is 25.9 Å². The van der Waals surface area contributed by atoms with E-state index in [9.17, 15) is 0 Å². The van der Waals surface area contributed by atoms with Gasteiger partial charge in [0.2, 0.25) is 0 Å². The molecule has 0 fully saturated rings. The second-order valence-electron chi connectivity index (χ2n) is 5.47. The van der Waals surface area contributed by atoms with Gasteiger partial charge < -0.3 is 10.0 Å². The lowest BCUT2D eigenvalue weighted by Crippen LogP contribution is -2.23. The molecule has 0 amide bonds. The summed E-state index contributed by atoms with van der Waals surface area (Å²) in [5.74, 6) is 0.594. The number of rotatable bonds is 7. The van der Waals surface area contributed by atoms with E-state index in [-0.39, 0.29) is 6.61 Å². The van der Waals surface area contributed by atoms with Crippen LogP contribution in [0.15, 0.2) is 18.2 Å². The molecule has 0 spiro atoms. The lowest BCUT2D eigenvalue weighted by molar-refractivity contribution is 0.248. The summed E-state index contributed by atoms with van der Waals surface area (Å²) in [6.07, 6.45) is 1.95. The van der Waals surface area contributed by atoms with Crippen molar-refractivity contribution in [2.24, 2.45) is 0 Å². The van der Waals surface area contributed by atoms with Crippen molar-refractivity contribution in [2.45, 2.75) is 39.5 Å². The predicted octanol–water partition coefficient (Wildman–Crippen LogP) is 2.98. The van der Waals surface area contributed by atoms with Crippen LogP contribution in [0.4, 0.5) is 0 Å². The zero-order valence-electron chi connectivity index (χ0n) is 12.2. The number of nitrogens with zero attached hydrogens (tertiary/aromatic N) is 1. The number of aliphatic hydroxyl groups is 1. The van der Waals surface area contributed by atoms with Gasteiger partial charge in [0.1, 0.15) is 0 Å². The summed E-state index contributed by atoms with van der Waals surface area (Å²) in [7, 11) is 2.12. The van der Waals surface area contributed by atoms with Gasteiger partial charge in [-0.2, -0.15) is 0 Å². The van der Waals surface area contributed by atoms with Crippen LogP contribution in [-0.2, 0) is 6.42 Å². The molecule has 0 unspecified atom stereocenters. The summed E-state index contributed by atoms with van der Waals surface area (Å²) in [6.45, 7) is 8.98. The molecular formula is C16H27NO. The summed E-state index contributed by atoms with van der Waals surface area (Å²) >= 11 is 0. The van der Waals surface area contributed by atoms with Gasteiger partial charge in [0.15, 0.2) is 0 Å². The maximum absolute atomic E-state index is 8.82. The molecular weight excluding hydrogens is 222 g/mol. The quantitative estimate of drug-likeness (QED) is 0.803. The van der Waals surface area contributed by atoms with Crippen molar-refractivity contribution in [1.82, 2.24) is 4.90 Å². The molecule has 1 aromatic carbocycles. The average Bonchev–Trinajstić information content (AvgIpc) is 2.35. The van der Waals surface area contributed by atoms with E-state index in [1.54, 1.807) is 0 Å². The summed E-state index contributed by atoms with van der Waals surface area (Å²) in [6, 6.07) is 6.82. The Labute approximate surface area is 112 Å². The van der Waals surface area contributed by atoms with E-state index in [1.807, 2.05) is 0 Å². The van der Waals surface area contributed by atoms with E-state index in [1.165, 1.54) is 16.7 Å². The number of aliphatic hydroxyl groups excluding tert-OH is 1. The summed E-state index contributed by atoms with van der Waals surface area (Å²) in [5.41, 5.74) is 4.26. The van der Waals surface area contributed by atoms with Crippen LogP contribution in [0.3, 0.4) is 0 Å². The molecule has 0 saturated heterocycles. The smallest absolute Gasteiger partial charge is 0.0443 e. The minimum Gasteiger partial charge on any atom is -0.396 e. The maximum Gasteiger partial charge on any atom is 0.0443 e. The Morgan fingerprint density at radius 3 is 2.56 bits per heavy atom. The molecule has 0 bridgehead atoms. The molecule has 1 aromatic rings. The van der Waals surface area contributed by atoms with Crippen molar-refractivity contribution in [1.29, 1.82) is 0 Å². The number of hydrogen-bond acceptors (Lipinski definition) is 2. The van der Waals surface area contributed by atoms with Crippen LogP contribution in [0.1, 0.15) is 42.9 Å². The molecule has 0 heterocycles. The second-order valence-corrected chi connectivity index (χ2v) is 5.47. The van der Waals surface area contributed by atoms with Crippen LogP contribution in [-0.4, -0.2) is 36.8 Å². The Kier molecular flexibility index (Phi) is 6.37. The minimum absolute atomic E-state index is 0.284. The Morgan fingerprint density at radius 1 is 1.22 bits per heavy atom. The van der Waals surface area contributed by atoms with Crippen molar-refractivity contribution in [3.8, 4) is 0 Å². The first kappa shape index (κ1) is 15.2. The number of benzene rings is 1. The highest BCUT2D eigenvalue weighted by atomic mass is 16.3. The van der Waals surface area contributed by atoms with Gasteiger partial charge in [-0.05, 0) is 49.4 Å². The monoisotopic (exact) mass is 249 g/mol. The van der Waals surface area contributed by atoms with Gasteiger partial charge in [-0.15, -0.1) is 0 Å². The topological polar surface area (TPSA) is 23.5 Å². The van der Waals surface area contributed by atoms with Crippen molar-refractivity contribution >= 4 is 0 Å². The highest BCUT2D eigenvalue weighted by molar-refractivity contribution is 5.32. The lowest BCUT2D eigenvalue weighted by atomic mass is 9.96. The lowest BCUT2D eigenvalue weighted by Gasteiger charge is -2.17. The van der Waals surface area contributed by atoms with Crippen molar-refractivity contribution in [3.63, 3.8) is 0 Å². The normalized spacial score (nSPS) is 11.5. The summed E-state index contributed by atoms with van der Waals surface area (Å²) < 4.78 is 0. The zero-order chi connectivity index (χ0) is 13.5. The Hall–Kier alpha value is -0.860. The first-order valence-corrected chi connectivity index (χ1v) is 6.93. The standard InChI is InChI=1S/C16H27NO/c1-13(2)15-7-6-14(3)16(12-15)8-10-17(4)9-5-11-18/h6-7,12-13,18H,5,8-11H2,1-4H3. The third-order valence-corrected chi connectivity index (χ3v) is 3.50. The number of aryl methyl sites for hydroxylation is 1. The van der Waals surface area contributed by atoms with Gasteiger partial charge in [0, 0.05) is 19.7 Å². The van der Waals surface area contributed by atoms with E-state index in [0.29, 0.717) is 5.92 Å². The molecule has 102 valence electrons. The highest BCUT2D eigenvalue weighted by Crippen LogP contribution is 2.19. The number of likely N-dealkylation sites (N-methyl/N-ethyl adjacent to an activating group) is 1. The van der Waals surface area contributed by atoms with E-state index < -0.39 is 0 Å². The van der Waals surface area contributed by atoms with Gasteiger partial charge in [0.05, 0.1) is 0 Å². The SMILES string of the molecule is Cc1ccc(C(C)C)cc1CCN(C)CCCO. The first-order valence-electron chi connectivity index (χ1n) is 6.93. The Morgan fingerprint density at radius 2 is 1.94 bits per heavy atom. The number of hydrogen-bond donors (Lipinski definition) is 1. The Balaban J connectivity index is 2.58. The minimum atomic E-state index is 0.284. The van der Waals surface area contributed by atoms with E-state index >= 15 is 0 Å². The molecule has 0 saturated carbocycles. The molecule has 2 heteroatoms. The van der Waals surface area contributed by atoms with E-state index in [4.69, 9.17) is 5.11 Å². The van der Waals surface area contributed by atoms with Gasteiger partial charge >= 0.3 is 0 Å². The molecule has 1 rings (SSSR count). The largest absolute Gasteiger partial charge is 0.396 e. The molecule has 1 N–H and O–H groups in total. The fourth-order valence-electron chi connectivity index (χ4n) is 2.08. The molecule has 0 radical (unpaired) electrons. The molecule has 0 aliphatic rings. The fraction of sp³-hybridized carbons (Fsp3) is 0.625. The summed E-state index contributed by atoms with van der Waals surface area (Å²) in [5, 5.41) is 8.82. The van der Waals surface area contributed by atoms with Crippen LogP contribution >= 0.6 is 0 Å². The van der Waals surface area contributed by atoms with Crippen LogP contribution in [0.25, 0.3) is 0 Å². The Bertz CT molecular complexity index is 360. The van der Waals surface area contributed by atoms with Gasteiger partial charge in [-0.1, -0.05) is 32.0 Å². The second kappa shape index (κ2) is 7.55. The van der Waals surface area contributed by atoms with Crippen LogP contribution in [0.5, 0.6) is 0 Å². The third kappa shape index (κ3) is 4.79. The van der Waals surface area contributed by atoms with Crippen molar-refractivity contribution in [2.75, 3.05) is 26.7 Å². The van der Waals surface area contributed by atoms with Gasteiger partial charge in [-0.3, -0.25) is 0 Å². The van der Waals surface area contributed by atoms with Gasteiger partial charge in [-0.25, -0.2) is 0 Å². The van der Waals surface area contributed by atoms with Crippen LogP contribution in [0.2, 0.25) is 0 Å². The van der Waals surface area contributed by atoms with Crippen molar-refractivity contribution in [3.05, 3.63) is 34.9 Å². The molecule has 0 aliphatic heterocycles. The maximum atomic E-state index is 8.82. The van der Waals surface area contributed by atoms with Gasteiger partial charge in [0.25, 0.3) is 0 Å². The van der Waals surface area contributed by atoms with E-state index in [2.05, 4.69) is 50.9 Å². The van der Waals surface area contributed by atoms with Crippen LogP contribution < -0.4 is 0 Å². The molecule has 0 aromatic heterocycles. The average molecular weight is 249 g/mol. The molecule has 0 atom stereocenters. The van der Waals surface area contributed by atoms with Crippen molar-refractivity contribution < 1.29 is 5.11 Å². The highest BCUT2D eigenvalue weighted by Gasteiger charge is 2.05.